The van der Waals surface area contributed by atoms with Gasteiger partial charge in [-0.25, -0.2) is 0 Å². The van der Waals surface area contributed by atoms with Crippen molar-refractivity contribution in [1.29, 1.82) is 5.26 Å². The molecule has 1 unspecified atom stereocenters. The Hall–Kier alpha value is -0.590. The quantitative estimate of drug-likeness (QED) is 0.718. The van der Waals surface area contributed by atoms with Crippen LogP contribution in [0.2, 0.25) is 0 Å². The number of nitriles is 1. The molecular weight excluding hydrogens is 222 g/mol. The Bertz CT molecular complexity index is 312. The standard InChI is InChI=1S/C15H27N3/c1-12(2)8-9-18(3)11-15(10-16,13-4-5-13)17-14-6-7-14/h12-14,17H,4-9,11H2,1-3H3. The molecule has 2 saturated carbocycles. The summed E-state index contributed by atoms with van der Waals surface area (Å²) in [6, 6.07) is 3.23. The van der Waals surface area contributed by atoms with Crippen molar-refractivity contribution in [2.45, 2.75) is 57.5 Å². The second-order valence-corrected chi connectivity index (χ2v) is 6.70. The average Bonchev–Trinajstić information content (AvgIpc) is 3.15. The molecular formula is C15H27N3. The third-order valence-electron chi connectivity index (χ3n) is 4.12. The normalized spacial score (nSPS) is 23.1. The van der Waals surface area contributed by atoms with E-state index in [4.69, 9.17) is 0 Å². The fourth-order valence-corrected chi connectivity index (χ4v) is 2.60. The van der Waals surface area contributed by atoms with Crippen LogP contribution in [0.1, 0.15) is 46.0 Å². The van der Waals surface area contributed by atoms with Crippen LogP contribution in [0.5, 0.6) is 0 Å². The Morgan fingerprint density at radius 1 is 1.33 bits per heavy atom. The molecule has 0 bridgehead atoms. The smallest absolute Gasteiger partial charge is 0.122 e. The molecule has 1 atom stereocenters. The van der Waals surface area contributed by atoms with Crippen molar-refractivity contribution in [3.8, 4) is 6.07 Å². The highest BCUT2D eigenvalue weighted by Gasteiger charge is 2.48. The minimum Gasteiger partial charge on any atom is -0.303 e. The van der Waals surface area contributed by atoms with Gasteiger partial charge in [0.1, 0.15) is 5.54 Å². The van der Waals surface area contributed by atoms with Gasteiger partial charge in [0.15, 0.2) is 0 Å². The predicted octanol–water partition coefficient (Wildman–Crippen LogP) is 2.39. The first-order valence-corrected chi connectivity index (χ1v) is 7.43. The number of hydrogen-bond acceptors (Lipinski definition) is 3. The summed E-state index contributed by atoms with van der Waals surface area (Å²) >= 11 is 0. The third-order valence-corrected chi connectivity index (χ3v) is 4.12. The SMILES string of the molecule is CC(C)CCN(C)CC(C#N)(NC1CC1)C1CC1. The van der Waals surface area contributed by atoms with Gasteiger partial charge >= 0.3 is 0 Å². The summed E-state index contributed by atoms with van der Waals surface area (Å²) in [5.74, 6) is 1.32. The highest BCUT2D eigenvalue weighted by Crippen LogP contribution is 2.41. The van der Waals surface area contributed by atoms with Gasteiger partial charge in [-0.05, 0) is 57.5 Å². The second-order valence-electron chi connectivity index (χ2n) is 6.70. The molecule has 2 aliphatic rings. The highest BCUT2D eigenvalue weighted by atomic mass is 15.2. The van der Waals surface area contributed by atoms with Gasteiger partial charge in [0, 0.05) is 12.6 Å². The van der Waals surface area contributed by atoms with Gasteiger partial charge in [-0.15, -0.1) is 0 Å². The van der Waals surface area contributed by atoms with Crippen LogP contribution in [0, 0.1) is 23.2 Å². The topological polar surface area (TPSA) is 39.1 Å². The summed E-state index contributed by atoms with van der Waals surface area (Å²) in [6.45, 7) is 6.50. The maximum atomic E-state index is 9.65. The molecule has 0 radical (unpaired) electrons. The third kappa shape index (κ3) is 3.70. The average molecular weight is 249 g/mol. The van der Waals surface area contributed by atoms with Crippen molar-refractivity contribution < 1.29 is 0 Å². The first-order chi connectivity index (χ1) is 8.55. The van der Waals surface area contributed by atoms with Crippen LogP contribution in [0.15, 0.2) is 0 Å². The number of nitrogens with one attached hydrogen (secondary N) is 1. The summed E-state index contributed by atoms with van der Waals surface area (Å²) in [5, 5.41) is 13.3. The molecule has 0 heterocycles. The van der Waals surface area contributed by atoms with E-state index in [0.717, 1.165) is 19.0 Å². The van der Waals surface area contributed by atoms with Crippen molar-refractivity contribution in [3.05, 3.63) is 0 Å². The van der Waals surface area contributed by atoms with E-state index in [2.05, 4.69) is 37.2 Å². The molecule has 0 amide bonds. The molecule has 3 heteroatoms. The number of nitrogens with zero attached hydrogens (tertiary/aromatic N) is 2. The fourth-order valence-electron chi connectivity index (χ4n) is 2.60. The van der Waals surface area contributed by atoms with Crippen LogP contribution in [-0.2, 0) is 0 Å². The van der Waals surface area contributed by atoms with E-state index in [1.54, 1.807) is 0 Å². The van der Waals surface area contributed by atoms with Crippen LogP contribution >= 0.6 is 0 Å². The maximum Gasteiger partial charge on any atom is 0.122 e. The van der Waals surface area contributed by atoms with Gasteiger partial charge in [0.25, 0.3) is 0 Å². The molecule has 18 heavy (non-hydrogen) atoms. The molecule has 2 fully saturated rings. The van der Waals surface area contributed by atoms with Gasteiger partial charge in [0.2, 0.25) is 0 Å². The van der Waals surface area contributed by atoms with E-state index in [9.17, 15) is 5.26 Å². The van der Waals surface area contributed by atoms with Gasteiger partial charge in [0.05, 0.1) is 6.07 Å². The molecule has 102 valence electrons. The minimum absolute atomic E-state index is 0.271. The largest absolute Gasteiger partial charge is 0.303 e. The van der Waals surface area contributed by atoms with Gasteiger partial charge in [-0.3, -0.25) is 5.32 Å². The Kier molecular flexibility index (Phi) is 4.29. The van der Waals surface area contributed by atoms with Crippen LogP contribution in [0.25, 0.3) is 0 Å². The first kappa shape index (κ1) is 13.8. The molecule has 3 nitrogen and oxygen atoms in total. The number of rotatable bonds is 8. The molecule has 0 aromatic heterocycles. The van der Waals surface area contributed by atoms with Crippen LogP contribution in [0.4, 0.5) is 0 Å². The molecule has 2 aliphatic carbocycles. The zero-order chi connectivity index (χ0) is 13.2. The van der Waals surface area contributed by atoms with Crippen molar-refractivity contribution in [1.82, 2.24) is 10.2 Å². The lowest BCUT2D eigenvalue weighted by molar-refractivity contribution is 0.218. The molecule has 2 rings (SSSR count). The molecule has 0 aromatic rings. The van der Waals surface area contributed by atoms with Gasteiger partial charge in [-0.2, -0.15) is 5.26 Å². The lowest BCUT2D eigenvalue weighted by Crippen LogP contribution is -2.54. The van der Waals surface area contributed by atoms with Gasteiger partial charge in [-0.1, -0.05) is 13.8 Å². The zero-order valence-corrected chi connectivity index (χ0v) is 12.1. The van der Waals surface area contributed by atoms with Crippen molar-refractivity contribution in [2.24, 2.45) is 11.8 Å². The van der Waals surface area contributed by atoms with Crippen LogP contribution < -0.4 is 5.32 Å². The summed E-state index contributed by atoms with van der Waals surface area (Å²) in [5.41, 5.74) is -0.271. The highest BCUT2D eigenvalue weighted by molar-refractivity contribution is 5.18. The van der Waals surface area contributed by atoms with Crippen molar-refractivity contribution in [2.75, 3.05) is 20.1 Å². The summed E-state index contributed by atoms with van der Waals surface area (Å²) in [6.07, 6.45) is 6.18. The monoisotopic (exact) mass is 249 g/mol. The Labute approximate surface area is 112 Å². The van der Waals surface area contributed by atoms with Crippen LogP contribution in [0.3, 0.4) is 0 Å². The van der Waals surface area contributed by atoms with E-state index in [-0.39, 0.29) is 5.54 Å². The summed E-state index contributed by atoms with van der Waals surface area (Å²) in [7, 11) is 2.16. The molecule has 0 spiro atoms. The van der Waals surface area contributed by atoms with E-state index in [1.807, 2.05) is 0 Å². The van der Waals surface area contributed by atoms with E-state index >= 15 is 0 Å². The van der Waals surface area contributed by atoms with E-state index in [1.165, 1.54) is 32.1 Å². The summed E-state index contributed by atoms with van der Waals surface area (Å²) in [4.78, 5) is 2.34. The minimum atomic E-state index is -0.271. The van der Waals surface area contributed by atoms with Gasteiger partial charge < -0.3 is 4.90 Å². The summed E-state index contributed by atoms with van der Waals surface area (Å²) < 4.78 is 0. The van der Waals surface area contributed by atoms with E-state index in [0.29, 0.717) is 12.0 Å². The first-order valence-electron chi connectivity index (χ1n) is 7.43. The number of likely N-dealkylation sites (N-methyl/N-ethyl adjacent to an activating group) is 1. The Morgan fingerprint density at radius 3 is 2.44 bits per heavy atom. The second kappa shape index (κ2) is 5.59. The van der Waals surface area contributed by atoms with Crippen molar-refractivity contribution >= 4 is 0 Å². The Morgan fingerprint density at radius 2 is 2.00 bits per heavy atom. The molecule has 0 aliphatic heterocycles. The molecule has 1 N–H and O–H groups in total. The van der Waals surface area contributed by atoms with E-state index < -0.39 is 0 Å². The molecule has 0 saturated heterocycles. The Balaban J connectivity index is 1.89. The zero-order valence-electron chi connectivity index (χ0n) is 12.1. The van der Waals surface area contributed by atoms with Crippen molar-refractivity contribution in [3.63, 3.8) is 0 Å². The molecule has 0 aromatic carbocycles. The number of hydrogen-bond donors (Lipinski definition) is 1. The lowest BCUT2D eigenvalue weighted by atomic mass is 9.93. The van der Waals surface area contributed by atoms with Crippen LogP contribution in [-0.4, -0.2) is 36.6 Å². The fraction of sp³-hybridized carbons (Fsp3) is 0.933. The lowest BCUT2D eigenvalue weighted by Gasteiger charge is -2.33. The predicted molar refractivity (Wildman–Crippen MR) is 74.2 cm³/mol. The maximum absolute atomic E-state index is 9.65.